The van der Waals surface area contributed by atoms with E-state index in [1.807, 2.05) is 66.7 Å². The number of sulfonamides is 1. The molecular weight excluding hydrogens is 412 g/mol. The Balaban J connectivity index is 1.67. The van der Waals surface area contributed by atoms with Gasteiger partial charge in [-0.1, -0.05) is 60.7 Å². The first-order chi connectivity index (χ1) is 14.9. The highest BCUT2D eigenvalue weighted by Crippen LogP contribution is 2.28. The van der Waals surface area contributed by atoms with Gasteiger partial charge in [-0.05, 0) is 35.1 Å². The average Bonchev–Trinajstić information content (AvgIpc) is 2.77. The molecule has 0 radical (unpaired) electrons. The molecule has 0 heterocycles. The molecule has 0 bridgehead atoms. The first-order valence-electron chi connectivity index (χ1n) is 9.92. The van der Waals surface area contributed by atoms with Crippen LogP contribution >= 0.6 is 0 Å². The van der Waals surface area contributed by atoms with Crippen molar-refractivity contribution in [1.82, 2.24) is 9.62 Å². The third-order valence-electron chi connectivity index (χ3n) is 4.76. The summed E-state index contributed by atoms with van der Waals surface area (Å²) in [5.74, 6) is 0.507. The molecule has 0 atom stereocenters. The van der Waals surface area contributed by atoms with Gasteiger partial charge in [0.05, 0.1) is 0 Å². The van der Waals surface area contributed by atoms with Crippen LogP contribution in [0.4, 0.5) is 0 Å². The average molecular weight is 439 g/mol. The minimum Gasteiger partial charge on any atom is -0.483 e. The number of rotatable bonds is 9. The van der Waals surface area contributed by atoms with Crippen LogP contribution in [0.2, 0.25) is 0 Å². The van der Waals surface area contributed by atoms with E-state index in [0.29, 0.717) is 12.2 Å². The van der Waals surface area contributed by atoms with Crippen molar-refractivity contribution in [2.75, 3.05) is 27.2 Å². The highest BCUT2D eigenvalue weighted by atomic mass is 32.2. The van der Waals surface area contributed by atoms with Gasteiger partial charge in [-0.25, -0.2) is 13.1 Å². The number of nitrogens with one attached hydrogen (secondary N) is 1. The quantitative estimate of drug-likeness (QED) is 0.555. The number of carbonyl (C=O) groups excluding carboxylic acids is 1. The van der Waals surface area contributed by atoms with Crippen LogP contribution < -0.4 is 9.46 Å². The number of likely N-dealkylation sites (N-methyl/N-ethyl adjacent to an activating group) is 1. The van der Waals surface area contributed by atoms with Crippen LogP contribution in [0, 0.1) is 0 Å². The first-order valence-corrected chi connectivity index (χ1v) is 11.5. The largest absolute Gasteiger partial charge is 0.483 e. The highest BCUT2D eigenvalue weighted by molar-refractivity contribution is 7.92. The first kappa shape index (κ1) is 22.5. The second kappa shape index (κ2) is 10.2. The van der Waals surface area contributed by atoms with Crippen molar-refractivity contribution in [2.24, 2.45) is 0 Å². The molecule has 1 amide bonds. The molecular formula is C24H26N2O4S. The smallest absolute Gasteiger partial charge is 0.259 e. The molecule has 31 heavy (non-hydrogen) atoms. The maximum absolute atomic E-state index is 12.3. The van der Waals surface area contributed by atoms with Crippen LogP contribution in [0.3, 0.4) is 0 Å². The molecule has 0 aliphatic rings. The summed E-state index contributed by atoms with van der Waals surface area (Å²) < 4.78 is 32.9. The lowest BCUT2D eigenvalue weighted by molar-refractivity contribution is -0.130. The Morgan fingerprint density at radius 3 is 2.42 bits per heavy atom. The molecule has 0 saturated heterocycles. The van der Waals surface area contributed by atoms with Crippen LogP contribution in [0.15, 0.2) is 72.1 Å². The molecule has 1 N–H and O–H groups in total. The lowest BCUT2D eigenvalue weighted by atomic mass is 10.0. The van der Waals surface area contributed by atoms with E-state index in [9.17, 15) is 13.2 Å². The molecule has 0 saturated carbocycles. The maximum Gasteiger partial charge on any atom is 0.259 e. The van der Waals surface area contributed by atoms with E-state index in [0.717, 1.165) is 21.9 Å². The molecule has 162 valence electrons. The van der Waals surface area contributed by atoms with Crippen LogP contribution in [-0.2, 0) is 21.2 Å². The van der Waals surface area contributed by atoms with E-state index >= 15 is 0 Å². The van der Waals surface area contributed by atoms with E-state index in [2.05, 4.69) is 4.72 Å². The van der Waals surface area contributed by atoms with Crippen molar-refractivity contribution in [1.29, 1.82) is 0 Å². The third-order valence-corrected chi connectivity index (χ3v) is 5.86. The van der Waals surface area contributed by atoms with Crippen LogP contribution in [-0.4, -0.2) is 46.5 Å². The molecule has 0 aliphatic carbocycles. The molecule has 3 rings (SSSR count). The van der Waals surface area contributed by atoms with Crippen molar-refractivity contribution in [3.05, 3.63) is 83.3 Å². The number of benzene rings is 3. The summed E-state index contributed by atoms with van der Waals surface area (Å²) in [6.07, 6.45) is 2.09. The minimum absolute atomic E-state index is 0.0378. The molecule has 0 aliphatic heterocycles. The number of hydrogen-bond acceptors (Lipinski definition) is 4. The summed E-state index contributed by atoms with van der Waals surface area (Å²) in [5, 5.41) is 3.04. The van der Waals surface area contributed by atoms with E-state index in [4.69, 9.17) is 4.74 Å². The molecule has 3 aromatic rings. The number of carbonyl (C=O) groups is 1. The fourth-order valence-corrected chi connectivity index (χ4v) is 3.89. The van der Waals surface area contributed by atoms with Gasteiger partial charge >= 0.3 is 0 Å². The maximum atomic E-state index is 12.3. The predicted octanol–water partition coefficient (Wildman–Crippen LogP) is 3.44. The Hall–Kier alpha value is -3.16. The van der Waals surface area contributed by atoms with Gasteiger partial charge in [0.2, 0.25) is 10.0 Å². The molecule has 7 heteroatoms. The molecule has 0 spiro atoms. The Morgan fingerprint density at radius 2 is 1.68 bits per heavy atom. The van der Waals surface area contributed by atoms with Crippen molar-refractivity contribution in [3.8, 4) is 5.75 Å². The van der Waals surface area contributed by atoms with E-state index < -0.39 is 10.0 Å². The summed E-state index contributed by atoms with van der Waals surface area (Å²) in [6.45, 7) is 0.231. The van der Waals surface area contributed by atoms with Crippen molar-refractivity contribution in [3.63, 3.8) is 0 Å². The second-order valence-corrected chi connectivity index (χ2v) is 8.90. The molecule has 6 nitrogen and oxygen atoms in total. The summed E-state index contributed by atoms with van der Waals surface area (Å²) in [7, 11) is -0.168. The number of fused-ring (bicyclic) bond motifs is 1. The number of ether oxygens (including phenoxy) is 1. The third kappa shape index (κ3) is 6.41. The Morgan fingerprint density at radius 1 is 0.968 bits per heavy atom. The monoisotopic (exact) mass is 438 g/mol. The zero-order valence-corrected chi connectivity index (χ0v) is 18.4. The predicted molar refractivity (Wildman–Crippen MR) is 124 cm³/mol. The normalized spacial score (nSPS) is 11.7. The van der Waals surface area contributed by atoms with Crippen LogP contribution in [0.1, 0.15) is 11.1 Å². The zero-order chi connectivity index (χ0) is 22.3. The van der Waals surface area contributed by atoms with Gasteiger partial charge in [-0.15, -0.1) is 0 Å². The minimum atomic E-state index is -3.54. The van der Waals surface area contributed by atoms with Crippen LogP contribution in [0.25, 0.3) is 16.8 Å². The van der Waals surface area contributed by atoms with Gasteiger partial charge < -0.3 is 9.64 Å². The highest BCUT2D eigenvalue weighted by Gasteiger charge is 2.10. The fourth-order valence-electron chi connectivity index (χ4n) is 3.07. The van der Waals surface area contributed by atoms with Gasteiger partial charge in [0, 0.05) is 31.4 Å². The topological polar surface area (TPSA) is 75.7 Å². The van der Waals surface area contributed by atoms with Crippen LogP contribution in [0.5, 0.6) is 5.75 Å². The summed E-state index contributed by atoms with van der Waals surface area (Å²) in [5.41, 5.74) is 1.82. The van der Waals surface area contributed by atoms with Gasteiger partial charge in [0.25, 0.3) is 5.91 Å². The van der Waals surface area contributed by atoms with Crippen molar-refractivity contribution < 1.29 is 17.9 Å². The second-order valence-electron chi connectivity index (χ2n) is 7.25. The van der Waals surface area contributed by atoms with Gasteiger partial charge in [0.15, 0.2) is 6.61 Å². The van der Waals surface area contributed by atoms with E-state index in [1.54, 1.807) is 20.2 Å². The zero-order valence-electron chi connectivity index (χ0n) is 17.6. The molecule has 0 unspecified atom stereocenters. The number of hydrogen-bond donors (Lipinski definition) is 1. The Bertz CT molecular complexity index is 1170. The number of amides is 1. The van der Waals surface area contributed by atoms with E-state index in [-0.39, 0.29) is 19.1 Å². The molecule has 3 aromatic carbocycles. The lowest BCUT2D eigenvalue weighted by Gasteiger charge is -2.14. The van der Waals surface area contributed by atoms with Gasteiger partial charge in [0.1, 0.15) is 5.75 Å². The Kier molecular flexibility index (Phi) is 7.44. The van der Waals surface area contributed by atoms with Gasteiger partial charge in [-0.3, -0.25) is 4.79 Å². The van der Waals surface area contributed by atoms with Gasteiger partial charge in [-0.2, -0.15) is 0 Å². The van der Waals surface area contributed by atoms with E-state index in [1.165, 1.54) is 10.3 Å². The summed E-state index contributed by atoms with van der Waals surface area (Å²) in [6, 6.07) is 20.7. The molecule has 0 fully saturated rings. The lowest BCUT2D eigenvalue weighted by Crippen LogP contribution is -2.27. The summed E-state index contributed by atoms with van der Waals surface area (Å²) in [4.78, 5) is 13.3. The number of nitrogens with zero attached hydrogens (tertiary/aromatic N) is 1. The summed E-state index contributed by atoms with van der Waals surface area (Å²) >= 11 is 0. The Labute approximate surface area is 183 Å². The molecule has 0 aromatic heterocycles. The standard InChI is InChI=1S/C24H26N2O4S/c1-26(2)24(27)18-30-23-13-7-11-21-20(10-6-12-22(21)23)14-16-25-31(28,29)17-15-19-8-4-3-5-9-19/h3-13,15,17,25H,14,16,18H2,1-2H3. The van der Waals surface area contributed by atoms with Crippen molar-refractivity contribution in [2.45, 2.75) is 6.42 Å². The fraction of sp³-hybridized carbons (Fsp3) is 0.208. The SMILES string of the molecule is CN(C)C(=O)COc1cccc2c(CCNS(=O)(=O)C=Cc3ccccc3)cccc12. The van der Waals surface area contributed by atoms with Crippen molar-refractivity contribution >= 4 is 32.8 Å².